The van der Waals surface area contributed by atoms with Gasteiger partial charge in [-0.15, -0.1) is 0 Å². The molecular weight excluding hydrogens is 226 g/mol. The number of carbonyl (C=O) groups excluding carboxylic acids is 1. The lowest BCUT2D eigenvalue weighted by Gasteiger charge is -1.99. The minimum Gasteiger partial charge on any atom is -0.463 e. The number of rotatable bonds is 4. The molecule has 0 aliphatic rings. The van der Waals surface area contributed by atoms with Crippen LogP contribution in [0.25, 0.3) is 6.08 Å². The molecule has 16 heavy (non-hydrogen) atoms. The van der Waals surface area contributed by atoms with Crippen molar-refractivity contribution in [3.8, 4) is 0 Å². The summed E-state index contributed by atoms with van der Waals surface area (Å²) in [4.78, 5) is 14.2. The first-order valence-electron chi connectivity index (χ1n) is 5.00. The fourth-order valence-corrected chi connectivity index (χ4v) is 1.27. The Kier molecular flexibility index (Phi) is 4.86. The third kappa shape index (κ3) is 3.59. The molecule has 0 amide bonds. The number of ether oxygens (including phenoxy) is 1. The molecule has 1 heterocycles. The van der Waals surface area contributed by atoms with Crippen molar-refractivity contribution in [1.82, 2.24) is 4.98 Å². The average molecular weight is 240 g/mol. The second-order valence-electron chi connectivity index (χ2n) is 3.17. The van der Waals surface area contributed by atoms with E-state index in [1.807, 2.05) is 0 Å². The van der Waals surface area contributed by atoms with Crippen molar-refractivity contribution in [2.24, 2.45) is 0 Å². The van der Waals surface area contributed by atoms with Crippen molar-refractivity contribution in [1.29, 1.82) is 0 Å². The Morgan fingerprint density at radius 3 is 2.94 bits per heavy atom. The van der Waals surface area contributed by atoms with E-state index in [-0.39, 0.29) is 5.97 Å². The normalized spacial score (nSPS) is 12.1. The summed E-state index contributed by atoms with van der Waals surface area (Å²) in [6.07, 6.45) is 6.99. The molecule has 0 unspecified atom stereocenters. The first-order valence-corrected chi connectivity index (χ1v) is 5.38. The molecule has 0 aliphatic carbocycles. The van der Waals surface area contributed by atoms with E-state index in [1.54, 1.807) is 44.3 Å². The Labute approximate surface area is 99.8 Å². The lowest BCUT2D eigenvalue weighted by Crippen LogP contribution is -2.04. The van der Waals surface area contributed by atoms with Gasteiger partial charge in [-0.05, 0) is 26.0 Å². The predicted octanol–water partition coefficient (Wildman–Crippen LogP) is 3.19. The summed E-state index contributed by atoms with van der Waals surface area (Å²) in [5.74, 6) is -0.301. The van der Waals surface area contributed by atoms with Gasteiger partial charge in [0.15, 0.2) is 0 Å². The third-order valence-electron chi connectivity index (χ3n) is 1.93. The van der Waals surface area contributed by atoms with Crippen LogP contribution in [0.2, 0.25) is 5.02 Å². The highest BCUT2D eigenvalue weighted by atomic mass is 35.5. The van der Waals surface area contributed by atoms with Crippen molar-refractivity contribution in [2.75, 3.05) is 6.61 Å². The zero-order valence-corrected chi connectivity index (χ0v) is 10.0. The number of aromatic amines is 1. The Balaban J connectivity index is 2.62. The van der Waals surface area contributed by atoms with Gasteiger partial charge in [-0.3, -0.25) is 0 Å². The van der Waals surface area contributed by atoms with Crippen LogP contribution in [0.3, 0.4) is 0 Å². The number of hydrogen-bond donors (Lipinski definition) is 1. The van der Waals surface area contributed by atoms with Gasteiger partial charge in [0.1, 0.15) is 0 Å². The lowest BCUT2D eigenvalue weighted by molar-refractivity contribution is -0.138. The van der Waals surface area contributed by atoms with E-state index in [4.69, 9.17) is 16.3 Å². The average Bonchev–Trinajstić information content (AvgIpc) is 2.65. The molecule has 1 rings (SSSR count). The molecule has 0 saturated carbocycles. The summed E-state index contributed by atoms with van der Waals surface area (Å²) in [5.41, 5.74) is 1.37. The first-order chi connectivity index (χ1) is 7.65. The van der Waals surface area contributed by atoms with E-state index in [0.717, 1.165) is 5.69 Å². The molecule has 0 bridgehead atoms. The fourth-order valence-electron chi connectivity index (χ4n) is 1.09. The topological polar surface area (TPSA) is 42.1 Å². The van der Waals surface area contributed by atoms with Crippen LogP contribution in [-0.4, -0.2) is 17.6 Å². The molecule has 1 aromatic heterocycles. The highest BCUT2D eigenvalue weighted by molar-refractivity contribution is 6.31. The van der Waals surface area contributed by atoms with Crippen LogP contribution in [0.5, 0.6) is 0 Å². The van der Waals surface area contributed by atoms with Gasteiger partial charge in [0, 0.05) is 11.8 Å². The van der Waals surface area contributed by atoms with E-state index in [2.05, 4.69) is 4.98 Å². The van der Waals surface area contributed by atoms with Gasteiger partial charge in [-0.25, -0.2) is 4.79 Å². The summed E-state index contributed by atoms with van der Waals surface area (Å²) in [6, 6.07) is 1.77. The lowest BCUT2D eigenvalue weighted by atomic mass is 10.2. The maximum absolute atomic E-state index is 11.2. The Hall–Kier alpha value is -1.48. The highest BCUT2D eigenvalue weighted by Crippen LogP contribution is 2.14. The third-order valence-corrected chi connectivity index (χ3v) is 2.26. The standard InChI is InChI=1S/C12H14ClNO2/c1-3-16-12(15)9(2)5-4-6-11-10(13)7-8-14-11/h4-8,14H,3H2,1-2H3/b6-4+,9-5+. The van der Waals surface area contributed by atoms with Crippen LogP contribution in [0, 0.1) is 0 Å². The van der Waals surface area contributed by atoms with Gasteiger partial charge < -0.3 is 9.72 Å². The van der Waals surface area contributed by atoms with Gasteiger partial charge in [0.05, 0.1) is 17.3 Å². The highest BCUT2D eigenvalue weighted by Gasteiger charge is 2.02. The summed E-state index contributed by atoms with van der Waals surface area (Å²) in [7, 11) is 0. The van der Waals surface area contributed by atoms with Gasteiger partial charge in [-0.2, -0.15) is 0 Å². The number of hydrogen-bond acceptors (Lipinski definition) is 2. The SMILES string of the molecule is CCOC(=O)/C(C)=C/C=C/c1[nH]ccc1Cl. The predicted molar refractivity (Wildman–Crippen MR) is 65.2 cm³/mol. The molecule has 4 heteroatoms. The molecule has 0 radical (unpaired) electrons. The molecule has 0 aromatic carbocycles. The van der Waals surface area contributed by atoms with E-state index in [1.165, 1.54) is 0 Å². The molecule has 1 aromatic rings. The molecule has 1 N–H and O–H groups in total. The van der Waals surface area contributed by atoms with E-state index >= 15 is 0 Å². The van der Waals surface area contributed by atoms with Crippen LogP contribution < -0.4 is 0 Å². The van der Waals surface area contributed by atoms with E-state index in [9.17, 15) is 4.79 Å². The Morgan fingerprint density at radius 2 is 2.38 bits per heavy atom. The maximum Gasteiger partial charge on any atom is 0.333 e. The molecule has 3 nitrogen and oxygen atoms in total. The van der Waals surface area contributed by atoms with Crippen LogP contribution in [0.4, 0.5) is 0 Å². The number of H-pyrrole nitrogens is 1. The summed E-state index contributed by atoms with van der Waals surface area (Å²) in [5, 5.41) is 0.651. The minimum atomic E-state index is -0.301. The van der Waals surface area contributed by atoms with Gasteiger partial charge >= 0.3 is 5.97 Å². The van der Waals surface area contributed by atoms with Gasteiger partial charge in [-0.1, -0.05) is 23.8 Å². The molecule has 86 valence electrons. The second kappa shape index (κ2) is 6.18. The Bertz CT molecular complexity index is 418. The van der Waals surface area contributed by atoms with Crippen LogP contribution in [0.15, 0.2) is 30.0 Å². The van der Waals surface area contributed by atoms with Crippen molar-refractivity contribution in [3.63, 3.8) is 0 Å². The maximum atomic E-state index is 11.2. The van der Waals surface area contributed by atoms with Gasteiger partial charge in [0.25, 0.3) is 0 Å². The van der Waals surface area contributed by atoms with Crippen LogP contribution in [0.1, 0.15) is 19.5 Å². The molecule has 0 fully saturated rings. The minimum absolute atomic E-state index is 0.301. The largest absolute Gasteiger partial charge is 0.463 e. The summed E-state index contributed by atoms with van der Waals surface area (Å²) >= 11 is 5.87. The van der Waals surface area contributed by atoms with E-state index < -0.39 is 0 Å². The number of esters is 1. The zero-order chi connectivity index (χ0) is 12.0. The number of aromatic nitrogens is 1. The quantitative estimate of drug-likeness (QED) is 0.498. The van der Waals surface area contributed by atoms with E-state index in [0.29, 0.717) is 17.2 Å². The van der Waals surface area contributed by atoms with Crippen molar-refractivity contribution >= 4 is 23.6 Å². The van der Waals surface area contributed by atoms with Gasteiger partial charge in [0.2, 0.25) is 0 Å². The number of allylic oxidation sites excluding steroid dienone is 2. The molecule has 0 spiro atoms. The summed E-state index contributed by atoms with van der Waals surface area (Å²) < 4.78 is 4.84. The van der Waals surface area contributed by atoms with Crippen LogP contribution in [-0.2, 0) is 9.53 Å². The fraction of sp³-hybridized carbons (Fsp3) is 0.250. The molecule has 0 atom stereocenters. The monoisotopic (exact) mass is 239 g/mol. The van der Waals surface area contributed by atoms with Crippen molar-refractivity contribution in [2.45, 2.75) is 13.8 Å². The number of nitrogens with one attached hydrogen (secondary N) is 1. The molecule has 0 saturated heterocycles. The zero-order valence-electron chi connectivity index (χ0n) is 9.29. The van der Waals surface area contributed by atoms with Crippen molar-refractivity contribution < 1.29 is 9.53 Å². The molecular formula is C12H14ClNO2. The smallest absolute Gasteiger partial charge is 0.333 e. The summed E-state index contributed by atoms with van der Waals surface area (Å²) in [6.45, 7) is 3.87. The number of halogens is 1. The second-order valence-corrected chi connectivity index (χ2v) is 3.58. The van der Waals surface area contributed by atoms with Crippen molar-refractivity contribution in [3.05, 3.63) is 40.7 Å². The number of carbonyl (C=O) groups is 1. The first kappa shape index (κ1) is 12.6. The Morgan fingerprint density at radius 1 is 1.62 bits per heavy atom. The van der Waals surface area contributed by atoms with Crippen LogP contribution >= 0.6 is 11.6 Å². The molecule has 0 aliphatic heterocycles.